The summed E-state index contributed by atoms with van der Waals surface area (Å²) in [5.41, 5.74) is 2.99. The van der Waals surface area contributed by atoms with Crippen molar-refractivity contribution in [3.05, 3.63) is 108 Å². The van der Waals surface area contributed by atoms with Gasteiger partial charge in [-0.05, 0) is 43.9 Å². The maximum Gasteiger partial charge on any atom is 0.410 e. The number of aliphatic hydroxyl groups is 1. The summed E-state index contributed by atoms with van der Waals surface area (Å²) < 4.78 is 5.19. The lowest BCUT2D eigenvalue weighted by atomic mass is 9.84. The molecule has 4 nitrogen and oxygen atoms in total. The SMILES string of the molecule is CC(C)(C)OC(=O)N1C[C@@H](SC(c2ccccc2)(c2ccccc2)c2ccccc2)C[C@H]1CO. The number of nitrogens with zero attached hydrogens (tertiary/aromatic N) is 1. The predicted octanol–water partition coefficient (Wildman–Crippen LogP) is 6.08. The molecular weight excluding hydrogens is 442 g/mol. The van der Waals surface area contributed by atoms with Crippen LogP contribution in [0.25, 0.3) is 0 Å². The van der Waals surface area contributed by atoms with Gasteiger partial charge in [-0.25, -0.2) is 4.79 Å². The topological polar surface area (TPSA) is 49.8 Å². The summed E-state index contributed by atoms with van der Waals surface area (Å²) in [4.78, 5) is 14.6. The molecule has 34 heavy (non-hydrogen) atoms. The molecule has 0 spiro atoms. The minimum absolute atomic E-state index is 0.0781. The molecule has 1 heterocycles. The molecule has 0 aromatic heterocycles. The molecule has 4 rings (SSSR count). The number of ether oxygens (including phenoxy) is 1. The summed E-state index contributed by atoms with van der Waals surface area (Å²) in [6, 6.07) is 31.4. The Labute approximate surface area is 207 Å². The molecule has 1 saturated heterocycles. The first kappa shape index (κ1) is 24.4. The Morgan fingerprint density at radius 3 is 1.71 bits per heavy atom. The molecule has 1 N–H and O–H groups in total. The van der Waals surface area contributed by atoms with Crippen molar-refractivity contribution in [1.82, 2.24) is 4.90 Å². The first-order valence-corrected chi connectivity index (χ1v) is 12.7. The molecule has 3 aromatic rings. The molecular formula is C29H33NO3S. The van der Waals surface area contributed by atoms with E-state index in [4.69, 9.17) is 4.74 Å². The van der Waals surface area contributed by atoms with Gasteiger partial charge in [0.15, 0.2) is 0 Å². The van der Waals surface area contributed by atoms with Gasteiger partial charge in [-0.3, -0.25) is 0 Å². The number of thioether (sulfide) groups is 1. The summed E-state index contributed by atoms with van der Waals surface area (Å²) in [6.07, 6.45) is 0.341. The van der Waals surface area contributed by atoms with Crippen molar-refractivity contribution >= 4 is 17.9 Å². The third kappa shape index (κ3) is 5.16. The molecule has 3 aromatic carbocycles. The third-order valence-corrected chi connectivity index (χ3v) is 7.83. The average Bonchev–Trinajstić information content (AvgIpc) is 3.26. The first-order valence-electron chi connectivity index (χ1n) is 11.8. The van der Waals surface area contributed by atoms with Crippen LogP contribution in [0.4, 0.5) is 4.79 Å². The fraction of sp³-hybridized carbons (Fsp3) is 0.345. The highest BCUT2D eigenvalue weighted by atomic mass is 32.2. The van der Waals surface area contributed by atoms with Gasteiger partial charge in [0, 0.05) is 11.8 Å². The fourth-order valence-corrected chi connectivity index (χ4v) is 6.52. The minimum Gasteiger partial charge on any atom is -0.444 e. The highest BCUT2D eigenvalue weighted by Gasteiger charge is 2.44. The summed E-state index contributed by atoms with van der Waals surface area (Å²) >= 11 is 1.86. The van der Waals surface area contributed by atoms with Crippen LogP contribution in [0.15, 0.2) is 91.0 Å². The van der Waals surface area contributed by atoms with Crippen molar-refractivity contribution in [2.75, 3.05) is 13.2 Å². The van der Waals surface area contributed by atoms with Crippen LogP contribution in [0.3, 0.4) is 0 Å². The second-order valence-electron chi connectivity index (χ2n) is 9.72. The molecule has 1 aliphatic heterocycles. The van der Waals surface area contributed by atoms with E-state index in [1.807, 2.05) is 50.7 Å². The zero-order valence-corrected chi connectivity index (χ0v) is 20.9. The number of aliphatic hydroxyl groups excluding tert-OH is 1. The number of amides is 1. The molecule has 1 aliphatic rings. The summed E-state index contributed by atoms with van der Waals surface area (Å²) in [5, 5.41) is 10.2. The van der Waals surface area contributed by atoms with Gasteiger partial charge in [0.25, 0.3) is 0 Å². The van der Waals surface area contributed by atoms with E-state index in [0.717, 1.165) is 0 Å². The number of likely N-dealkylation sites (tertiary alicyclic amines) is 1. The lowest BCUT2D eigenvalue weighted by molar-refractivity contribution is 0.0176. The Bertz CT molecular complexity index is 970. The molecule has 0 aliphatic carbocycles. The van der Waals surface area contributed by atoms with Gasteiger partial charge < -0.3 is 14.7 Å². The van der Waals surface area contributed by atoms with Gasteiger partial charge in [-0.1, -0.05) is 91.0 Å². The molecule has 0 radical (unpaired) electrons. The Hall–Kier alpha value is -2.76. The molecule has 0 saturated carbocycles. The maximum atomic E-state index is 12.9. The lowest BCUT2D eigenvalue weighted by Crippen LogP contribution is -2.41. The van der Waals surface area contributed by atoms with E-state index >= 15 is 0 Å². The fourth-order valence-electron chi connectivity index (χ4n) is 4.65. The van der Waals surface area contributed by atoms with Crippen LogP contribution in [-0.4, -0.2) is 46.1 Å². The summed E-state index contributed by atoms with van der Waals surface area (Å²) in [5.74, 6) is 0. The molecule has 2 atom stereocenters. The third-order valence-electron chi connectivity index (χ3n) is 6.10. The molecule has 178 valence electrons. The van der Waals surface area contributed by atoms with Gasteiger partial charge >= 0.3 is 6.09 Å². The van der Waals surface area contributed by atoms with E-state index in [0.29, 0.717) is 13.0 Å². The molecule has 0 bridgehead atoms. The maximum absolute atomic E-state index is 12.9. The zero-order valence-electron chi connectivity index (χ0n) is 20.1. The van der Waals surface area contributed by atoms with Crippen LogP contribution >= 0.6 is 11.8 Å². The van der Waals surface area contributed by atoms with Crippen molar-refractivity contribution in [1.29, 1.82) is 0 Å². The van der Waals surface area contributed by atoms with E-state index < -0.39 is 10.3 Å². The second-order valence-corrected chi connectivity index (χ2v) is 11.2. The van der Waals surface area contributed by atoms with Crippen LogP contribution in [0.5, 0.6) is 0 Å². The standard InChI is InChI=1S/C29H33NO3S/c1-28(2,3)33-27(32)30-20-26(19-25(30)21-31)34-29(22-13-7-4-8-14-22,23-15-9-5-10-16-23)24-17-11-6-12-18-24/h4-18,25-26,31H,19-21H2,1-3H3/t25-,26-/m0/s1. The van der Waals surface area contributed by atoms with Crippen LogP contribution in [-0.2, 0) is 9.48 Å². The number of carbonyl (C=O) groups is 1. The van der Waals surface area contributed by atoms with Crippen molar-refractivity contribution in [3.63, 3.8) is 0 Å². The molecule has 5 heteroatoms. The number of hydrogen-bond donors (Lipinski definition) is 1. The highest BCUT2D eigenvalue weighted by molar-refractivity contribution is 8.01. The predicted molar refractivity (Wildman–Crippen MR) is 139 cm³/mol. The number of hydrogen-bond acceptors (Lipinski definition) is 4. The average molecular weight is 476 g/mol. The van der Waals surface area contributed by atoms with E-state index in [2.05, 4.69) is 72.8 Å². The van der Waals surface area contributed by atoms with E-state index in [-0.39, 0.29) is 24.0 Å². The smallest absolute Gasteiger partial charge is 0.410 e. The monoisotopic (exact) mass is 475 g/mol. The molecule has 1 amide bonds. The summed E-state index contributed by atoms with van der Waals surface area (Å²) in [7, 11) is 0. The highest BCUT2D eigenvalue weighted by Crippen LogP contribution is 2.52. The molecule has 1 fully saturated rings. The van der Waals surface area contributed by atoms with Crippen molar-refractivity contribution in [3.8, 4) is 0 Å². The van der Waals surface area contributed by atoms with Crippen LogP contribution in [0.1, 0.15) is 43.9 Å². The second kappa shape index (κ2) is 10.2. The number of rotatable bonds is 6. The van der Waals surface area contributed by atoms with Crippen LogP contribution in [0.2, 0.25) is 0 Å². The van der Waals surface area contributed by atoms with Crippen LogP contribution < -0.4 is 0 Å². The normalized spacial score (nSPS) is 18.6. The van der Waals surface area contributed by atoms with E-state index in [1.165, 1.54) is 16.7 Å². The van der Waals surface area contributed by atoms with Crippen molar-refractivity contribution < 1.29 is 14.6 Å². The Morgan fingerprint density at radius 1 is 0.882 bits per heavy atom. The Balaban J connectivity index is 1.76. The van der Waals surface area contributed by atoms with E-state index in [1.54, 1.807) is 4.90 Å². The van der Waals surface area contributed by atoms with Gasteiger partial charge in [0.2, 0.25) is 0 Å². The minimum atomic E-state index is -0.579. The first-order chi connectivity index (χ1) is 16.3. The number of benzene rings is 3. The lowest BCUT2D eigenvalue weighted by Gasteiger charge is -2.37. The van der Waals surface area contributed by atoms with Crippen LogP contribution in [0, 0.1) is 0 Å². The number of carbonyl (C=O) groups excluding carboxylic acids is 1. The quantitative estimate of drug-likeness (QED) is 0.439. The van der Waals surface area contributed by atoms with Crippen molar-refractivity contribution in [2.45, 2.75) is 48.8 Å². The van der Waals surface area contributed by atoms with Gasteiger partial charge in [0.1, 0.15) is 5.60 Å². The Kier molecular flexibility index (Phi) is 7.34. The summed E-state index contributed by atoms with van der Waals surface area (Å²) in [6.45, 7) is 6.05. The van der Waals surface area contributed by atoms with Gasteiger partial charge in [0.05, 0.1) is 17.4 Å². The van der Waals surface area contributed by atoms with E-state index in [9.17, 15) is 9.90 Å². The molecule has 0 unspecified atom stereocenters. The zero-order chi connectivity index (χ0) is 24.2. The van der Waals surface area contributed by atoms with Gasteiger partial charge in [-0.2, -0.15) is 0 Å². The Morgan fingerprint density at radius 2 is 1.32 bits per heavy atom. The van der Waals surface area contributed by atoms with Crippen molar-refractivity contribution in [2.24, 2.45) is 0 Å². The largest absolute Gasteiger partial charge is 0.444 e. The van der Waals surface area contributed by atoms with Gasteiger partial charge in [-0.15, -0.1) is 11.8 Å².